The van der Waals surface area contributed by atoms with Crippen molar-refractivity contribution in [1.82, 2.24) is 9.47 Å². The van der Waals surface area contributed by atoms with Crippen LogP contribution < -0.4 is 4.80 Å². The summed E-state index contributed by atoms with van der Waals surface area (Å²) in [6.07, 6.45) is 1.74. The van der Waals surface area contributed by atoms with Gasteiger partial charge in [0.25, 0.3) is 5.91 Å². The molecule has 1 saturated heterocycles. The molecule has 8 nitrogen and oxygen atoms in total. The summed E-state index contributed by atoms with van der Waals surface area (Å²) < 4.78 is 33.3. The number of likely N-dealkylation sites (tertiary alicyclic amines) is 1. The fourth-order valence-electron chi connectivity index (χ4n) is 3.70. The van der Waals surface area contributed by atoms with Crippen molar-refractivity contribution in [3.05, 3.63) is 28.6 Å². The van der Waals surface area contributed by atoms with Crippen LogP contribution in [0.5, 0.6) is 0 Å². The van der Waals surface area contributed by atoms with E-state index >= 15 is 0 Å². The number of rotatable bonds is 8. The first-order chi connectivity index (χ1) is 15.2. The lowest BCUT2D eigenvalue weighted by Crippen LogP contribution is -2.41. The number of sulfone groups is 1. The Morgan fingerprint density at radius 3 is 2.62 bits per heavy atom. The summed E-state index contributed by atoms with van der Waals surface area (Å²) in [4.78, 5) is 31.1. The summed E-state index contributed by atoms with van der Waals surface area (Å²) in [5, 5.41) is 0. The van der Waals surface area contributed by atoms with Gasteiger partial charge in [0.1, 0.15) is 11.5 Å². The number of ether oxygens (including phenoxy) is 1. The van der Waals surface area contributed by atoms with E-state index in [-0.39, 0.29) is 0 Å². The fourth-order valence-corrected chi connectivity index (χ4v) is 5.97. The van der Waals surface area contributed by atoms with E-state index in [1.54, 1.807) is 4.90 Å². The second kappa shape index (κ2) is 10.7. The zero-order chi connectivity index (χ0) is 23.3. The van der Waals surface area contributed by atoms with Gasteiger partial charge in [-0.05, 0) is 50.3 Å². The molecule has 10 heteroatoms. The van der Waals surface area contributed by atoms with Crippen LogP contribution in [-0.2, 0) is 30.7 Å². The predicted octanol–water partition coefficient (Wildman–Crippen LogP) is 2.15. The number of amides is 2. The topological polar surface area (TPSA) is 98.0 Å². The smallest absolute Gasteiger partial charge is 0.263 e. The zero-order valence-electron chi connectivity index (χ0n) is 18.9. The standard InChI is InChI=1S/C22H31N3O5S2/c1-4-30-12-11-25-18-6-5-17(3)13-19(18)31-22(25)23-20(26)14-32(28,29)15-21(27)24-9-7-16(2)8-10-24/h5-6,13,16H,4,7-12,14-15H2,1-3H3. The molecule has 1 aliphatic heterocycles. The first-order valence-corrected chi connectivity index (χ1v) is 13.6. The largest absolute Gasteiger partial charge is 0.380 e. The molecular formula is C22H31N3O5S2. The molecular weight excluding hydrogens is 450 g/mol. The SMILES string of the molecule is CCOCCn1c(=NC(=O)CS(=O)(=O)CC(=O)N2CCC(C)CC2)sc2cc(C)ccc21. The highest BCUT2D eigenvalue weighted by Crippen LogP contribution is 2.19. The van der Waals surface area contributed by atoms with Crippen molar-refractivity contribution in [3.8, 4) is 0 Å². The molecule has 2 amide bonds. The maximum atomic E-state index is 12.5. The molecule has 32 heavy (non-hydrogen) atoms. The maximum Gasteiger partial charge on any atom is 0.263 e. The van der Waals surface area contributed by atoms with Crippen molar-refractivity contribution in [3.63, 3.8) is 0 Å². The number of benzene rings is 1. The van der Waals surface area contributed by atoms with Crippen molar-refractivity contribution >= 4 is 43.2 Å². The van der Waals surface area contributed by atoms with Crippen LogP contribution in [-0.4, -0.2) is 67.5 Å². The maximum absolute atomic E-state index is 12.5. The molecule has 0 radical (unpaired) electrons. The minimum atomic E-state index is -3.90. The Bertz CT molecular complexity index is 1140. The Kier molecular flexibility index (Phi) is 8.24. The number of hydrogen-bond acceptors (Lipinski definition) is 6. The molecule has 2 aromatic rings. The number of hydrogen-bond donors (Lipinski definition) is 0. The molecule has 0 spiro atoms. The van der Waals surface area contributed by atoms with Gasteiger partial charge >= 0.3 is 0 Å². The Morgan fingerprint density at radius 2 is 1.94 bits per heavy atom. The second-order valence-electron chi connectivity index (χ2n) is 8.31. The fraction of sp³-hybridized carbons (Fsp3) is 0.591. The summed E-state index contributed by atoms with van der Waals surface area (Å²) in [7, 11) is -3.90. The number of carbonyl (C=O) groups excluding carboxylic acids is 2. The first kappa shape index (κ1) is 24.6. The summed E-state index contributed by atoms with van der Waals surface area (Å²) in [6.45, 7) is 8.68. The van der Waals surface area contributed by atoms with Crippen LogP contribution in [0.15, 0.2) is 23.2 Å². The van der Waals surface area contributed by atoms with Gasteiger partial charge < -0.3 is 14.2 Å². The number of thiazole rings is 1. The highest BCUT2D eigenvalue weighted by Gasteiger charge is 2.26. The van der Waals surface area contributed by atoms with Gasteiger partial charge in [-0.2, -0.15) is 4.99 Å². The lowest BCUT2D eigenvalue weighted by molar-refractivity contribution is -0.129. The molecule has 0 atom stereocenters. The molecule has 0 N–H and O–H groups in total. The highest BCUT2D eigenvalue weighted by molar-refractivity contribution is 7.92. The van der Waals surface area contributed by atoms with Crippen LogP contribution in [0, 0.1) is 12.8 Å². The number of aryl methyl sites for hydroxylation is 1. The predicted molar refractivity (Wildman–Crippen MR) is 125 cm³/mol. The van der Waals surface area contributed by atoms with Gasteiger partial charge in [0.05, 0.1) is 16.8 Å². The molecule has 1 aliphatic rings. The van der Waals surface area contributed by atoms with Crippen molar-refractivity contribution < 1.29 is 22.7 Å². The van der Waals surface area contributed by atoms with E-state index in [4.69, 9.17) is 4.74 Å². The molecule has 3 rings (SSSR count). The van der Waals surface area contributed by atoms with Crippen LogP contribution >= 0.6 is 11.3 Å². The summed E-state index contributed by atoms with van der Waals surface area (Å²) >= 11 is 1.34. The minimum Gasteiger partial charge on any atom is -0.380 e. The van der Waals surface area contributed by atoms with Gasteiger partial charge in [-0.25, -0.2) is 8.42 Å². The molecule has 1 aromatic carbocycles. The van der Waals surface area contributed by atoms with E-state index in [1.165, 1.54) is 11.3 Å². The van der Waals surface area contributed by atoms with Gasteiger partial charge in [-0.15, -0.1) is 0 Å². The minimum absolute atomic E-state index is 0.432. The lowest BCUT2D eigenvalue weighted by Gasteiger charge is -2.30. The Labute approximate surface area is 192 Å². The molecule has 0 unspecified atom stereocenters. The van der Waals surface area contributed by atoms with E-state index < -0.39 is 33.2 Å². The Balaban J connectivity index is 1.76. The number of aromatic nitrogens is 1. The third-order valence-corrected chi connectivity index (χ3v) is 7.96. The highest BCUT2D eigenvalue weighted by atomic mass is 32.2. The quantitative estimate of drug-likeness (QED) is 0.538. The summed E-state index contributed by atoms with van der Waals surface area (Å²) in [6, 6.07) is 5.95. The van der Waals surface area contributed by atoms with Crippen LogP contribution in [0.4, 0.5) is 0 Å². The third kappa shape index (κ3) is 6.49. The number of piperidine rings is 1. The van der Waals surface area contributed by atoms with Gasteiger partial charge in [0.2, 0.25) is 5.91 Å². The van der Waals surface area contributed by atoms with Gasteiger partial charge in [-0.1, -0.05) is 24.3 Å². The first-order valence-electron chi connectivity index (χ1n) is 10.9. The average Bonchev–Trinajstić information content (AvgIpc) is 3.03. The van der Waals surface area contributed by atoms with Gasteiger partial charge in [0, 0.05) is 26.2 Å². The number of fused-ring (bicyclic) bond motifs is 1. The zero-order valence-corrected chi connectivity index (χ0v) is 20.5. The lowest BCUT2D eigenvalue weighted by atomic mass is 9.99. The van der Waals surface area contributed by atoms with Crippen LogP contribution in [0.3, 0.4) is 0 Å². The average molecular weight is 482 g/mol. The Hall–Kier alpha value is -2.04. The van der Waals surface area contributed by atoms with Gasteiger partial charge in [-0.3, -0.25) is 9.59 Å². The van der Waals surface area contributed by atoms with E-state index in [0.29, 0.717) is 43.6 Å². The van der Waals surface area contributed by atoms with Crippen LogP contribution in [0.1, 0.15) is 32.3 Å². The monoisotopic (exact) mass is 481 g/mol. The summed E-state index contributed by atoms with van der Waals surface area (Å²) in [5.74, 6) is -2.09. The molecule has 0 bridgehead atoms. The molecule has 2 heterocycles. The second-order valence-corrected chi connectivity index (χ2v) is 11.4. The number of nitrogens with zero attached hydrogens (tertiary/aromatic N) is 3. The Morgan fingerprint density at radius 1 is 1.22 bits per heavy atom. The van der Waals surface area contributed by atoms with Crippen LogP contribution in [0.2, 0.25) is 0 Å². The molecule has 0 aliphatic carbocycles. The third-order valence-electron chi connectivity index (χ3n) is 5.55. The molecule has 1 fully saturated rings. The van der Waals surface area contributed by atoms with E-state index in [0.717, 1.165) is 28.6 Å². The molecule has 0 saturated carbocycles. The van der Waals surface area contributed by atoms with Crippen molar-refractivity contribution in [2.45, 2.75) is 40.2 Å². The van der Waals surface area contributed by atoms with Crippen molar-refractivity contribution in [2.24, 2.45) is 10.9 Å². The van der Waals surface area contributed by atoms with Gasteiger partial charge in [0.15, 0.2) is 14.6 Å². The normalized spacial score (nSPS) is 16.1. The molecule has 176 valence electrons. The summed E-state index contributed by atoms with van der Waals surface area (Å²) in [5.41, 5.74) is 2.01. The number of carbonyl (C=O) groups is 2. The van der Waals surface area contributed by atoms with Crippen LogP contribution in [0.25, 0.3) is 10.2 Å². The molecule has 1 aromatic heterocycles. The van der Waals surface area contributed by atoms with Crippen molar-refractivity contribution in [2.75, 3.05) is 37.8 Å². The van der Waals surface area contributed by atoms with E-state index in [9.17, 15) is 18.0 Å². The van der Waals surface area contributed by atoms with E-state index in [2.05, 4.69) is 11.9 Å². The van der Waals surface area contributed by atoms with Crippen molar-refractivity contribution in [1.29, 1.82) is 0 Å². The van der Waals surface area contributed by atoms with E-state index in [1.807, 2.05) is 36.6 Å².